The highest BCUT2D eigenvalue weighted by atomic mass is 16.5. The van der Waals surface area contributed by atoms with Gasteiger partial charge in [-0.2, -0.15) is 0 Å². The first-order valence-electron chi connectivity index (χ1n) is 20.3. The molecular formula is C54H34BN3O. The summed E-state index contributed by atoms with van der Waals surface area (Å²) in [5.74, 6) is 1.76. The Morgan fingerprint density at radius 2 is 0.898 bits per heavy atom. The minimum absolute atomic E-state index is 0.132. The summed E-state index contributed by atoms with van der Waals surface area (Å²) >= 11 is 0. The topological polar surface area (TPSA) is 22.3 Å². The Balaban J connectivity index is 1.03. The van der Waals surface area contributed by atoms with Crippen LogP contribution in [0.15, 0.2) is 206 Å². The van der Waals surface area contributed by atoms with E-state index in [2.05, 4.69) is 220 Å². The van der Waals surface area contributed by atoms with Crippen molar-refractivity contribution in [2.45, 2.75) is 0 Å². The average Bonchev–Trinajstić information content (AvgIpc) is 3.82. The molecule has 0 bridgehead atoms. The first kappa shape index (κ1) is 32.3. The Morgan fingerprint density at radius 1 is 0.356 bits per heavy atom. The second kappa shape index (κ2) is 12.4. The predicted molar refractivity (Wildman–Crippen MR) is 246 cm³/mol. The van der Waals surface area contributed by atoms with Gasteiger partial charge in [-0.25, -0.2) is 0 Å². The van der Waals surface area contributed by atoms with Crippen molar-refractivity contribution in [3.63, 3.8) is 0 Å². The molecule has 0 aliphatic carbocycles. The molecule has 5 heteroatoms. The summed E-state index contributed by atoms with van der Waals surface area (Å²) in [5.41, 5.74) is 16.3. The highest BCUT2D eigenvalue weighted by Gasteiger charge is 2.44. The van der Waals surface area contributed by atoms with Crippen molar-refractivity contribution in [2.24, 2.45) is 0 Å². The summed E-state index contributed by atoms with van der Waals surface area (Å²) in [6, 6.07) is 74.8. The van der Waals surface area contributed by atoms with Crippen LogP contribution in [0.3, 0.4) is 0 Å². The van der Waals surface area contributed by atoms with Crippen LogP contribution in [0, 0.1) is 0 Å². The number of nitrogens with zero attached hydrogens (tertiary/aromatic N) is 3. The molecule has 0 saturated heterocycles. The highest BCUT2D eigenvalue weighted by molar-refractivity contribution is 6.92. The van der Waals surface area contributed by atoms with E-state index in [-0.39, 0.29) is 6.85 Å². The number of hydrogen-bond donors (Lipinski definition) is 0. The first-order chi connectivity index (χ1) is 29.3. The summed E-state index contributed by atoms with van der Waals surface area (Å²) < 4.78 is 11.9. The molecule has 0 amide bonds. The van der Waals surface area contributed by atoms with E-state index in [1.165, 1.54) is 65.9 Å². The molecule has 0 fully saturated rings. The highest BCUT2D eigenvalue weighted by Crippen LogP contribution is 2.46. The van der Waals surface area contributed by atoms with E-state index in [1.807, 2.05) is 0 Å². The van der Waals surface area contributed by atoms with Crippen molar-refractivity contribution >= 4 is 72.8 Å². The number of aromatic nitrogens is 2. The van der Waals surface area contributed by atoms with Gasteiger partial charge in [0.05, 0.1) is 22.1 Å². The lowest BCUT2D eigenvalue weighted by molar-refractivity contribution is 0.487. The molecule has 9 aromatic carbocycles. The molecule has 274 valence electrons. The first-order valence-corrected chi connectivity index (χ1v) is 20.3. The molecule has 0 saturated carbocycles. The van der Waals surface area contributed by atoms with Gasteiger partial charge >= 0.3 is 6.85 Å². The van der Waals surface area contributed by atoms with Crippen LogP contribution in [0.4, 0.5) is 11.4 Å². The Morgan fingerprint density at radius 3 is 1.54 bits per heavy atom. The van der Waals surface area contributed by atoms with Crippen molar-refractivity contribution in [3.8, 4) is 45.1 Å². The summed E-state index contributed by atoms with van der Waals surface area (Å²) in [7, 11) is 0. The smallest absolute Gasteiger partial charge is 0.336 e. The maximum atomic E-state index is 7.11. The van der Waals surface area contributed by atoms with Crippen LogP contribution in [-0.2, 0) is 0 Å². The molecule has 13 rings (SSSR count). The van der Waals surface area contributed by atoms with Gasteiger partial charge in [-0.05, 0) is 107 Å². The molecule has 4 nitrogen and oxygen atoms in total. The molecule has 2 aliphatic heterocycles. The summed E-state index contributed by atoms with van der Waals surface area (Å²) in [6.07, 6.45) is 0. The van der Waals surface area contributed by atoms with E-state index in [0.29, 0.717) is 0 Å². The van der Waals surface area contributed by atoms with Crippen molar-refractivity contribution in [1.82, 2.24) is 9.13 Å². The number of para-hydroxylation sites is 6. The van der Waals surface area contributed by atoms with Gasteiger partial charge in [0.25, 0.3) is 0 Å². The maximum absolute atomic E-state index is 7.11. The van der Waals surface area contributed by atoms with Gasteiger partial charge in [0.1, 0.15) is 11.5 Å². The van der Waals surface area contributed by atoms with Gasteiger partial charge < -0.3 is 18.7 Å². The van der Waals surface area contributed by atoms with Gasteiger partial charge in [-0.15, -0.1) is 0 Å². The average molecular weight is 752 g/mol. The van der Waals surface area contributed by atoms with Crippen molar-refractivity contribution < 1.29 is 4.74 Å². The minimum atomic E-state index is -0.132. The monoisotopic (exact) mass is 751 g/mol. The Hall–Kier alpha value is -7.76. The van der Waals surface area contributed by atoms with Crippen molar-refractivity contribution in [1.29, 1.82) is 0 Å². The molecular weight excluding hydrogens is 717 g/mol. The third-order valence-electron chi connectivity index (χ3n) is 12.5. The molecule has 0 radical (unpaired) electrons. The number of anilines is 2. The number of rotatable bonds is 4. The zero-order chi connectivity index (χ0) is 38.6. The van der Waals surface area contributed by atoms with Crippen LogP contribution in [0.25, 0.3) is 77.2 Å². The van der Waals surface area contributed by atoms with Crippen LogP contribution in [0.2, 0.25) is 0 Å². The Labute approximate surface area is 341 Å². The lowest BCUT2D eigenvalue weighted by Gasteiger charge is -2.42. The molecule has 0 spiro atoms. The van der Waals surface area contributed by atoms with Crippen LogP contribution in [0.1, 0.15) is 0 Å². The van der Waals surface area contributed by atoms with E-state index >= 15 is 0 Å². The SMILES string of the molecule is c1ccc(N2B3c4cc(-n5c6ccccc6c6ccccc65)ccc4Oc4cc(-c5cccc(-n6c7ccccc7c7ccccc76)c5)cc(c43)-c3ccccc32)cc1. The molecule has 59 heavy (non-hydrogen) atoms. The van der Waals surface area contributed by atoms with Crippen LogP contribution < -0.4 is 20.5 Å². The zero-order valence-corrected chi connectivity index (χ0v) is 32.0. The second-order valence-electron chi connectivity index (χ2n) is 15.7. The minimum Gasteiger partial charge on any atom is -0.458 e. The van der Waals surface area contributed by atoms with Crippen molar-refractivity contribution in [2.75, 3.05) is 4.81 Å². The normalized spacial score (nSPS) is 12.8. The lowest BCUT2D eigenvalue weighted by atomic mass is 9.44. The second-order valence-corrected chi connectivity index (χ2v) is 15.7. The molecule has 0 unspecified atom stereocenters. The zero-order valence-electron chi connectivity index (χ0n) is 32.0. The number of hydrogen-bond acceptors (Lipinski definition) is 2. The summed E-state index contributed by atoms with van der Waals surface area (Å²) in [5, 5.41) is 5.00. The van der Waals surface area contributed by atoms with E-state index in [4.69, 9.17) is 4.74 Å². The van der Waals surface area contributed by atoms with E-state index < -0.39 is 0 Å². The predicted octanol–water partition coefficient (Wildman–Crippen LogP) is 12.6. The largest absolute Gasteiger partial charge is 0.458 e. The van der Waals surface area contributed by atoms with Gasteiger partial charge in [-0.1, -0.05) is 121 Å². The molecule has 2 aliphatic rings. The number of ether oxygens (including phenoxy) is 1. The van der Waals surface area contributed by atoms with Gasteiger partial charge in [0, 0.05) is 55.3 Å². The van der Waals surface area contributed by atoms with Crippen LogP contribution in [0.5, 0.6) is 11.5 Å². The van der Waals surface area contributed by atoms with Gasteiger partial charge in [0.2, 0.25) is 0 Å². The van der Waals surface area contributed by atoms with E-state index in [0.717, 1.165) is 45.2 Å². The molecule has 0 atom stereocenters. The van der Waals surface area contributed by atoms with E-state index in [1.54, 1.807) is 0 Å². The maximum Gasteiger partial charge on any atom is 0.336 e. The third-order valence-corrected chi connectivity index (χ3v) is 12.5. The van der Waals surface area contributed by atoms with Gasteiger partial charge in [0.15, 0.2) is 0 Å². The fourth-order valence-electron chi connectivity index (χ4n) is 10.1. The summed E-state index contributed by atoms with van der Waals surface area (Å²) in [4.78, 5) is 2.51. The molecule has 0 N–H and O–H groups in total. The van der Waals surface area contributed by atoms with E-state index in [9.17, 15) is 0 Å². The number of benzene rings is 9. The molecule has 4 heterocycles. The summed E-state index contributed by atoms with van der Waals surface area (Å²) in [6.45, 7) is -0.132. The quantitative estimate of drug-likeness (QED) is 0.167. The fourth-order valence-corrected chi connectivity index (χ4v) is 10.1. The van der Waals surface area contributed by atoms with Crippen LogP contribution >= 0.6 is 0 Å². The number of fused-ring (bicyclic) bond motifs is 10. The van der Waals surface area contributed by atoms with Crippen LogP contribution in [-0.4, -0.2) is 16.0 Å². The lowest BCUT2D eigenvalue weighted by Crippen LogP contribution is -2.59. The molecule has 11 aromatic rings. The third kappa shape index (κ3) is 4.67. The standard InChI is InChI=1S/C54H34BN3O/c1-2-16-37(17-3-1)58-51-28-13-8-23-44(51)45-32-36(35-15-14-18-38(31-35)56-47-24-9-4-19-40(47)41-20-5-10-25-48(41)56)33-53-54(45)55(58)46-34-39(29-30-52(46)59-53)57-49-26-11-6-21-42(49)43-22-7-12-27-50(43)57/h1-34H. The van der Waals surface area contributed by atoms with Crippen molar-refractivity contribution in [3.05, 3.63) is 206 Å². The Kier molecular flexibility index (Phi) is 6.78. The molecule has 2 aromatic heterocycles. The van der Waals surface area contributed by atoms with Gasteiger partial charge in [-0.3, -0.25) is 0 Å². The Bertz CT molecular complexity index is 3400. The fraction of sp³-hybridized carbons (Fsp3) is 0.